The lowest BCUT2D eigenvalue weighted by Gasteiger charge is -2.55. The average Bonchev–Trinajstić information content (AvgIpc) is 2.99. The van der Waals surface area contributed by atoms with Crippen molar-refractivity contribution in [2.24, 2.45) is 34.5 Å². The van der Waals surface area contributed by atoms with E-state index in [0.717, 1.165) is 37.0 Å². The van der Waals surface area contributed by atoms with Gasteiger partial charge in [-0.15, -0.1) is 6.58 Å². The summed E-state index contributed by atoms with van der Waals surface area (Å²) in [6.07, 6.45) is 16.8. The van der Waals surface area contributed by atoms with Crippen LogP contribution >= 0.6 is 0 Å². The molecule has 0 amide bonds. The van der Waals surface area contributed by atoms with Crippen LogP contribution in [0.2, 0.25) is 0 Å². The summed E-state index contributed by atoms with van der Waals surface area (Å²) in [6, 6.07) is 0. The van der Waals surface area contributed by atoms with Gasteiger partial charge in [-0.2, -0.15) is 0 Å². The van der Waals surface area contributed by atoms with Crippen molar-refractivity contribution in [1.29, 1.82) is 0 Å². The largest absolute Gasteiger partial charge is 0.295 e. The fourth-order valence-corrected chi connectivity index (χ4v) is 7.76. The first-order valence-corrected chi connectivity index (χ1v) is 11.8. The molecule has 2 fully saturated rings. The Kier molecular flexibility index (Phi) is 5.26. The lowest BCUT2D eigenvalue weighted by Crippen LogP contribution is -2.46. The zero-order valence-electron chi connectivity index (χ0n) is 18.7. The monoisotopic (exact) mass is 380 g/mol. The first kappa shape index (κ1) is 20.2. The summed E-state index contributed by atoms with van der Waals surface area (Å²) < 4.78 is 0. The molecule has 4 aliphatic rings. The SMILES string of the molecule is C=C(C)CCC[C@@H](C)[C@H]1CCC2C3=CCC4=CC(=O)CC[C@]4(C)C3CC[C@@]21C. The molecular weight excluding hydrogens is 340 g/mol. The summed E-state index contributed by atoms with van der Waals surface area (Å²) in [4.78, 5) is 12.0. The normalized spacial score (nSPS) is 40.7. The Morgan fingerprint density at radius 1 is 1.21 bits per heavy atom. The molecule has 0 radical (unpaired) electrons. The fourth-order valence-electron chi connectivity index (χ4n) is 7.76. The molecule has 1 heteroatoms. The van der Waals surface area contributed by atoms with E-state index in [1.807, 2.05) is 6.08 Å². The molecule has 6 atom stereocenters. The highest BCUT2D eigenvalue weighted by Crippen LogP contribution is 2.66. The lowest BCUT2D eigenvalue weighted by atomic mass is 9.50. The molecule has 0 aromatic carbocycles. The minimum absolute atomic E-state index is 0.254. The molecule has 0 N–H and O–H groups in total. The second-order valence-corrected chi connectivity index (χ2v) is 11.1. The molecule has 1 nitrogen and oxygen atoms in total. The van der Waals surface area contributed by atoms with Crippen molar-refractivity contribution in [1.82, 2.24) is 0 Å². The van der Waals surface area contributed by atoms with Gasteiger partial charge in [-0.05, 0) is 98.9 Å². The van der Waals surface area contributed by atoms with E-state index in [2.05, 4.69) is 40.3 Å². The minimum atomic E-state index is 0.254. The van der Waals surface area contributed by atoms with Gasteiger partial charge in [-0.1, -0.05) is 50.0 Å². The number of carbonyl (C=O) groups is 1. The third-order valence-corrected chi connectivity index (χ3v) is 9.42. The van der Waals surface area contributed by atoms with Crippen LogP contribution in [0.5, 0.6) is 0 Å². The van der Waals surface area contributed by atoms with Crippen LogP contribution in [-0.4, -0.2) is 5.78 Å². The maximum Gasteiger partial charge on any atom is 0.155 e. The first-order chi connectivity index (χ1) is 13.3. The quantitative estimate of drug-likeness (QED) is 0.453. The summed E-state index contributed by atoms with van der Waals surface area (Å²) >= 11 is 0. The Hall–Kier alpha value is -1.11. The van der Waals surface area contributed by atoms with E-state index in [0.29, 0.717) is 17.1 Å². The van der Waals surface area contributed by atoms with Crippen molar-refractivity contribution in [3.8, 4) is 0 Å². The molecule has 0 aromatic heterocycles. The summed E-state index contributed by atoms with van der Waals surface area (Å²) in [6.45, 7) is 13.9. The molecule has 4 rings (SSSR count). The number of ketones is 1. The number of carbonyl (C=O) groups excluding carboxylic acids is 1. The van der Waals surface area contributed by atoms with Gasteiger partial charge in [0.25, 0.3) is 0 Å². The standard InChI is InChI=1S/C27H40O/c1-18(2)7-6-8-19(3)23-11-12-24-22-10-9-20-17-21(28)13-15-26(20,4)25(22)14-16-27(23,24)5/h10,17,19,23-25H,1,6-9,11-16H2,2-5H3/t19-,23-,24?,25?,26+,27-/m1/s1. The van der Waals surface area contributed by atoms with E-state index >= 15 is 0 Å². The van der Waals surface area contributed by atoms with Crippen LogP contribution in [-0.2, 0) is 4.79 Å². The van der Waals surface area contributed by atoms with E-state index in [1.54, 1.807) is 5.57 Å². The first-order valence-electron chi connectivity index (χ1n) is 11.8. The molecule has 0 bridgehead atoms. The molecule has 0 aliphatic heterocycles. The van der Waals surface area contributed by atoms with Gasteiger partial charge in [0, 0.05) is 6.42 Å². The molecule has 2 saturated carbocycles. The highest BCUT2D eigenvalue weighted by atomic mass is 16.1. The van der Waals surface area contributed by atoms with Crippen LogP contribution < -0.4 is 0 Å². The smallest absolute Gasteiger partial charge is 0.155 e. The number of allylic oxidation sites excluding steroid dienone is 5. The molecule has 0 aromatic rings. The van der Waals surface area contributed by atoms with Gasteiger partial charge in [0.2, 0.25) is 0 Å². The lowest BCUT2D eigenvalue weighted by molar-refractivity contribution is -0.116. The zero-order chi connectivity index (χ0) is 20.1. The molecule has 0 heterocycles. The third-order valence-electron chi connectivity index (χ3n) is 9.42. The van der Waals surface area contributed by atoms with Crippen LogP contribution in [0.3, 0.4) is 0 Å². The number of rotatable bonds is 5. The Morgan fingerprint density at radius 3 is 2.75 bits per heavy atom. The summed E-state index contributed by atoms with van der Waals surface area (Å²) in [5.74, 6) is 3.54. The van der Waals surface area contributed by atoms with E-state index in [9.17, 15) is 4.79 Å². The molecule has 28 heavy (non-hydrogen) atoms. The van der Waals surface area contributed by atoms with E-state index in [4.69, 9.17) is 0 Å². The molecule has 2 unspecified atom stereocenters. The Morgan fingerprint density at radius 2 is 2.00 bits per heavy atom. The Balaban J connectivity index is 1.54. The summed E-state index contributed by atoms with van der Waals surface area (Å²) in [7, 11) is 0. The number of fused-ring (bicyclic) bond motifs is 5. The van der Waals surface area contributed by atoms with Gasteiger partial charge in [0.1, 0.15) is 0 Å². The van der Waals surface area contributed by atoms with Gasteiger partial charge in [0.05, 0.1) is 0 Å². The van der Waals surface area contributed by atoms with E-state index in [-0.39, 0.29) is 5.41 Å². The van der Waals surface area contributed by atoms with Crippen molar-refractivity contribution in [3.05, 3.63) is 35.5 Å². The van der Waals surface area contributed by atoms with Crippen molar-refractivity contribution in [3.63, 3.8) is 0 Å². The van der Waals surface area contributed by atoms with Gasteiger partial charge in [-0.25, -0.2) is 0 Å². The predicted octanol–water partition coefficient (Wildman–Crippen LogP) is 7.44. The maximum absolute atomic E-state index is 12.0. The topological polar surface area (TPSA) is 17.1 Å². The van der Waals surface area contributed by atoms with Crippen LogP contribution in [0.15, 0.2) is 35.5 Å². The highest BCUT2D eigenvalue weighted by Gasteiger charge is 2.56. The zero-order valence-corrected chi connectivity index (χ0v) is 18.7. The van der Waals surface area contributed by atoms with Crippen LogP contribution in [0.1, 0.15) is 91.9 Å². The third kappa shape index (κ3) is 3.17. The van der Waals surface area contributed by atoms with Gasteiger partial charge in [0.15, 0.2) is 5.78 Å². The van der Waals surface area contributed by atoms with Gasteiger partial charge >= 0.3 is 0 Å². The Bertz CT molecular complexity index is 725. The molecule has 154 valence electrons. The maximum atomic E-state index is 12.0. The summed E-state index contributed by atoms with van der Waals surface area (Å²) in [5.41, 5.74) is 5.30. The van der Waals surface area contributed by atoms with Crippen molar-refractivity contribution >= 4 is 5.78 Å². The molecule has 0 saturated heterocycles. The van der Waals surface area contributed by atoms with Crippen molar-refractivity contribution < 1.29 is 4.79 Å². The second-order valence-electron chi connectivity index (χ2n) is 11.1. The molecule has 0 spiro atoms. The fraction of sp³-hybridized carbons (Fsp3) is 0.741. The van der Waals surface area contributed by atoms with E-state index < -0.39 is 0 Å². The average molecular weight is 381 g/mol. The molecule has 4 aliphatic carbocycles. The highest BCUT2D eigenvalue weighted by molar-refractivity contribution is 5.91. The number of hydrogen-bond acceptors (Lipinski definition) is 1. The minimum Gasteiger partial charge on any atom is -0.295 e. The van der Waals surface area contributed by atoms with Crippen LogP contribution in [0.25, 0.3) is 0 Å². The predicted molar refractivity (Wildman–Crippen MR) is 118 cm³/mol. The van der Waals surface area contributed by atoms with Gasteiger partial charge in [-0.3, -0.25) is 4.79 Å². The van der Waals surface area contributed by atoms with E-state index in [1.165, 1.54) is 56.1 Å². The van der Waals surface area contributed by atoms with Gasteiger partial charge < -0.3 is 0 Å². The summed E-state index contributed by atoms with van der Waals surface area (Å²) in [5, 5.41) is 0. The second kappa shape index (κ2) is 7.29. The van der Waals surface area contributed by atoms with Crippen LogP contribution in [0.4, 0.5) is 0 Å². The van der Waals surface area contributed by atoms with Crippen LogP contribution in [0, 0.1) is 34.5 Å². The Labute approximate surface area is 172 Å². The number of hydrogen-bond donors (Lipinski definition) is 0. The molecular formula is C27H40O. The van der Waals surface area contributed by atoms with Crippen molar-refractivity contribution in [2.75, 3.05) is 0 Å². The van der Waals surface area contributed by atoms with Crippen molar-refractivity contribution in [2.45, 2.75) is 91.9 Å².